The minimum Gasteiger partial charge on any atom is -0.508 e. The second-order valence-electron chi connectivity index (χ2n) is 18.8. The second kappa shape index (κ2) is 27.0. The molecule has 0 aliphatic carbocycles. The fourth-order valence-corrected chi connectivity index (χ4v) is 7.72. The van der Waals surface area contributed by atoms with Gasteiger partial charge in [0.25, 0.3) is 0 Å². The number of rotatable bonds is 25. The van der Waals surface area contributed by atoms with Crippen LogP contribution in [-0.4, -0.2) is 140 Å². The van der Waals surface area contributed by atoms with Gasteiger partial charge in [-0.15, -0.1) is 0 Å². The van der Waals surface area contributed by atoms with Crippen LogP contribution in [0.15, 0.2) is 54.6 Å². The van der Waals surface area contributed by atoms with Crippen molar-refractivity contribution in [1.29, 1.82) is 0 Å². The third kappa shape index (κ3) is 16.8. The lowest BCUT2D eigenvalue weighted by Crippen LogP contribution is -2.63. The second-order valence-corrected chi connectivity index (χ2v) is 18.8. The topological polar surface area (TPSA) is 328 Å². The summed E-state index contributed by atoms with van der Waals surface area (Å²) in [5.41, 5.74) is 6.87. The summed E-state index contributed by atoms with van der Waals surface area (Å²) >= 11 is 0. The number of nitrogens with two attached hydrogens (primary N) is 1. The third-order valence-electron chi connectivity index (χ3n) is 12.2. The molecule has 12 N–H and O–H groups in total. The SMILES string of the molecule is CC[C@H](C)[C@H](NC(=O)[C@@H](NC(=O)[C@H](C)N)C(C)C)C(=O)N[C@H](C(=O)N[C@H](C(=O)N1CCC[C@H]1C(=O)N[C@@H](C)C(=O)N[C@@H](Cc1ccc(O)cc1)C(=O)N[C@@H](Cc1ccccc1)C(=O)O)C(C)C)[C@@H](C)O. The van der Waals surface area contributed by atoms with E-state index in [4.69, 9.17) is 5.73 Å². The fourth-order valence-electron chi connectivity index (χ4n) is 7.72. The van der Waals surface area contributed by atoms with E-state index >= 15 is 0 Å². The Bertz CT molecular complexity index is 2140. The number of likely N-dealkylation sites (tertiary alicyclic amines) is 1. The molecule has 8 amide bonds. The molecule has 1 aliphatic heterocycles. The maximum atomic E-state index is 14.2. The number of aliphatic hydroxyl groups excluding tert-OH is 1. The van der Waals surface area contributed by atoms with Crippen molar-refractivity contribution >= 4 is 53.2 Å². The predicted molar refractivity (Wildman–Crippen MR) is 258 cm³/mol. The summed E-state index contributed by atoms with van der Waals surface area (Å²) in [4.78, 5) is 123. The number of carboxylic acid groups (broad SMARTS) is 1. The van der Waals surface area contributed by atoms with Crippen LogP contribution in [0.4, 0.5) is 0 Å². The molecular formula is C49H73N9O12. The normalized spacial score (nSPS) is 17.8. The average molecular weight is 980 g/mol. The molecule has 3 rings (SSSR count). The summed E-state index contributed by atoms with van der Waals surface area (Å²) in [7, 11) is 0. The monoisotopic (exact) mass is 980 g/mol. The van der Waals surface area contributed by atoms with Gasteiger partial charge in [0.1, 0.15) is 54.1 Å². The van der Waals surface area contributed by atoms with Crippen molar-refractivity contribution in [3.05, 3.63) is 65.7 Å². The van der Waals surface area contributed by atoms with Gasteiger partial charge in [-0.05, 0) is 74.6 Å². The van der Waals surface area contributed by atoms with Crippen LogP contribution in [0.3, 0.4) is 0 Å². The molecule has 1 saturated heterocycles. The molecule has 0 unspecified atom stereocenters. The Morgan fingerprint density at radius 3 is 1.66 bits per heavy atom. The molecule has 21 heteroatoms. The van der Waals surface area contributed by atoms with Crippen molar-refractivity contribution in [1.82, 2.24) is 42.1 Å². The summed E-state index contributed by atoms with van der Waals surface area (Å²) in [6, 6.07) is 3.52. The van der Waals surface area contributed by atoms with E-state index in [1.165, 1.54) is 49.9 Å². The first-order chi connectivity index (χ1) is 32.9. The first kappa shape index (κ1) is 57.7. The van der Waals surface area contributed by atoms with Gasteiger partial charge in [0, 0.05) is 19.4 Å². The van der Waals surface area contributed by atoms with Crippen LogP contribution in [0, 0.1) is 17.8 Å². The van der Waals surface area contributed by atoms with Crippen LogP contribution in [0.25, 0.3) is 0 Å². The first-order valence-electron chi connectivity index (χ1n) is 23.8. The molecule has 0 saturated carbocycles. The van der Waals surface area contributed by atoms with Crippen LogP contribution >= 0.6 is 0 Å². The van der Waals surface area contributed by atoms with Gasteiger partial charge >= 0.3 is 5.97 Å². The molecule has 0 bridgehead atoms. The standard InChI is InChI=1S/C49H73N9O12/c1-10-27(6)39(56-45(65)37(25(2)3)54-41(61)28(7)50)46(66)57-40(30(9)59)47(67)55-38(26(4)5)48(68)58-22-14-17-36(58)44(64)51-29(8)42(62)52-34(23-32-18-20-33(60)21-19-32)43(63)53-35(49(69)70)24-31-15-12-11-13-16-31/h11-13,15-16,18-21,25-30,34-40,59-60H,10,14,17,22-24,50H2,1-9H3,(H,51,64)(H,52,62)(H,53,63)(H,54,61)(H,55,67)(H,56,65)(H,57,66)(H,69,70)/t27-,28-,29-,30+,34-,35-,36-,37-,38-,39-,40-/m0/s1. The summed E-state index contributed by atoms with van der Waals surface area (Å²) < 4.78 is 0. The number of carbonyl (C=O) groups is 9. The molecule has 0 spiro atoms. The van der Waals surface area contributed by atoms with Crippen molar-refractivity contribution in [3.8, 4) is 5.75 Å². The van der Waals surface area contributed by atoms with Crippen molar-refractivity contribution < 1.29 is 58.5 Å². The van der Waals surface area contributed by atoms with E-state index in [9.17, 15) is 58.5 Å². The van der Waals surface area contributed by atoms with Gasteiger partial charge in [-0.25, -0.2) is 4.79 Å². The van der Waals surface area contributed by atoms with E-state index in [-0.39, 0.29) is 37.5 Å². The van der Waals surface area contributed by atoms with Crippen molar-refractivity contribution in [2.24, 2.45) is 23.5 Å². The molecule has 386 valence electrons. The highest BCUT2D eigenvalue weighted by atomic mass is 16.4. The van der Waals surface area contributed by atoms with E-state index in [1.807, 2.05) is 0 Å². The minimum atomic E-state index is -1.60. The molecule has 11 atom stereocenters. The number of nitrogens with one attached hydrogen (secondary N) is 7. The number of hydrogen-bond donors (Lipinski definition) is 11. The smallest absolute Gasteiger partial charge is 0.326 e. The largest absolute Gasteiger partial charge is 0.508 e. The fraction of sp³-hybridized carbons (Fsp3) is 0.571. The number of nitrogens with zero attached hydrogens (tertiary/aromatic N) is 1. The number of hydrogen-bond acceptors (Lipinski definition) is 12. The van der Waals surface area contributed by atoms with E-state index in [0.29, 0.717) is 24.0 Å². The maximum Gasteiger partial charge on any atom is 0.326 e. The molecule has 1 heterocycles. The quantitative estimate of drug-likeness (QED) is 0.0613. The van der Waals surface area contributed by atoms with Crippen LogP contribution < -0.4 is 43.0 Å². The third-order valence-corrected chi connectivity index (χ3v) is 12.2. The predicted octanol–water partition coefficient (Wildman–Crippen LogP) is -0.247. The minimum absolute atomic E-state index is 0.0356. The van der Waals surface area contributed by atoms with Gasteiger partial charge in [0.2, 0.25) is 47.3 Å². The van der Waals surface area contributed by atoms with Gasteiger partial charge in [0.15, 0.2) is 0 Å². The molecule has 1 fully saturated rings. The van der Waals surface area contributed by atoms with Gasteiger partial charge in [-0.1, -0.05) is 90.4 Å². The Morgan fingerprint density at radius 2 is 1.11 bits per heavy atom. The highest BCUT2D eigenvalue weighted by Crippen LogP contribution is 2.21. The van der Waals surface area contributed by atoms with Crippen LogP contribution in [0.1, 0.15) is 92.7 Å². The van der Waals surface area contributed by atoms with Crippen molar-refractivity contribution in [2.45, 2.75) is 155 Å². The maximum absolute atomic E-state index is 14.2. The van der Waals surface area contributed by atoms with Crippen LogP contribution in [-0.2, 0) is 56.0 Å². The Morgan fingerprint density at radius 1 is 0.614 bits per heavy atom. The number of carbonyl (C=O) groups excluding carboxylic acids is 8. The number of phenolic OH excluding ortho intramolecular Hbond substituents is 1. The number of amides is 8. The lowest BCUT2D eigenvalue weighted by Gasteiger charge is -2.33. The van der Waals surface area contributed by atoms with Gasteiger partial charge < -0.3 is 63.2 Å². The summed E-state index contributed by atoms with van der Waals surface area (Å²) in [5.74, 6) is -8.63. The van der Waals surface area contributed by atoms with Crippen molar-refractivity contribution in [2.75, 3.05) is 6.54 Å². The van der Waals surface area contributed by atoms with Crippen LogP contribution in [0.2, 0.25) is 0 Å². The molecule has 0 aromatic heterocycles. The zero-order valence-corrected chi connectivity index (χ0v) is 41.5. The molecule has 21 nitrogen and oxygen atoms in total. The van der Waals surface area contributed by atoms with E-state index < -0.39 is 126 Å². The van der Waals surface area contributed by atoms with Gasteiger partial charge in [-0.3, -0.25) is 38.4 Å². The van der Waals surface area contributed by atoms with Crippen LogP contribution in [0.5, 0.6) is 5.75 Å². The summed E-state index contributed by atoms with van der Waals surface area (Å²) in [6.07, 6.45) is -0.603. The summed E-state index contributed by atoms with van der Waals surface area (Å²) in [5, 5.41) is 48.7. The lowest BCUT2D eigenvalue weighted by atomic mass is 9.95. The average Bonchev–Trinajstić information content (AvgIpc) is 3.81. The van der Waals surface area contributed by atoms with E-state index in [0.717, 1.165) is 0 Å². The first-order valence-corrected chi connectivity index (χ1v) is 23.8. The zero-order valence-electron chi connectivity index (χ0n) is 41.5. The number of phenols is 1. The van der Waals surface area contributed by atoms with Gasteiger partial charge in [-0.2, -0.15) is 0 Å². The number of aliphatic carboxylic acids is 1. The molecular weight excluding hydrogens is 907 g/mol. The highest BCUT2D eigenvalue weighted by Gasteiger charge is 2.42. The Kier molecular flexibility index (Phi) is 22.2. The molecule has 1 aliphatic rings. The van der Waals surface area contributed by atoms with E-state index in [1.54, 1.807) is 71.9 Å². The Labute approximate surface area is 409 Å². The zero-order chi connectivity index (χ0) is 52.6. The molecule has 0 radical (unpaired) electrons. The number of carboxylic acids is 1. The Hall–Kier alpha value is -6.61. The van der Waals surface area contributed by atoms with E-state index in [2.05, 4.69) is 37.2 Å². The van der Waals surface area contributed by atoms with Crippen molar-refractivity contribution in [3.63, 3.8) is 0 Å². The van der Waals surface area contributed by atoms with Gasteiger partial charge in [0.05, 0.1) is 12.1 Å². The lowest BCUT2D eigenvalue weighted by molar-refractivity contribution is -0.144. The number of aliphatic hydroxyl groups is 1. The molecule has 2 aromatic carbocycles. The Balaban J connectivity index is 1.75. The molecule has 2 aromatic rings. The molecule has 70 heavy (non-hydrogen) atoms. The number of aromatic hydroxyl groups is 1. The number of benzene rings is 2. The highest BCUT2D eigenvalue weighted by molar-refractivity contribution is 5.98. The summed E-state index contributed by atoms with van der Waals surface area (Å²) in [6.45, 7) is 14.5.